The van der Waals surface area contributed by atoms with E-state index in [9.17, 15) is 24.6 Å². The number of nitrogens with one attached hydrogen (secondary N) is 1. The van der Waals surface area contributed by atoms with E-state index in [1.165, 1.54) is 32.8 Å². The number of carbonyl (C=O) groups is 3. The molecule has 3 atom stereocenters. The monoisotopic (exact) mass is 696 g/mol. The number of methoxy groups -OCH3 is 1. The molecular weight excluding hydrogens is 651 g/mol. The van der Waals surface area contributed by atoms with Crippen molar-refractivity contribution < 1.29 is 34.1 Å². The SMILES string of the molecule is COc1cc(C=O)cc(I)c1O[C@H]1C=C(C(=O)NCCO)C[C@@H](N(C(=O)CCC2CCCC2)C2CCCCCC2)[C@@H]1O. The molecule has 3 N–H and O–H groups in total. The van der Waals surface area contributed by atoms with Crippen LogP contribution >= 0.6 is 22.6 Å². The van der Waals surface area contributed by atoms with Crippen LogP contribution in [0.15, 0.2) is 23.8 Å². The number of amides is 2. The number of aldehydes is 1. The van der Waals surface area contributed by atoms with Gasteiger partial charge in [0.15, 0.2) is 11.5 Å². The van der Waals surface area contributed by atoms with Gasteiger partial charge in [-0.05, 0) is 66.0 Å². The van der Waals surface area contributed by atoms with E-state index in [0.717, 1.165) is 51.2 Å². The average Bonchev–Trinajstić information content (AvgIpc) is 3.38. The van der Waals surface area contributed by atoms with E-state index in [1.54, 1.807) is 18.2 Å². The molecule has 0 spiro atoms. The second-order valence-corrected chi connectivity index (χ2v) is 13.0. The minimum absolute atomic E-state index is 0.00900. The molecule has 0 unspecified atom stereocenters. The number of rotatable bonds is 12. The summed E-state index contributed by atoms with van der Waals surface area (Å²) in [6.45, 7) is -0.0994. The summed E-state index contributed by atoms with van der Waals surface area (Å²) in [6.07, 6.45) is 12.6. The van der Waals surface area contributed by atoms with Gasteiger partial charge in [0.2, 0.25) is 11.8 Å². The highest BCUT2D eigenvalue weighted by Gasteiger charge is 2.43. The van der Waals surface area contributed by atoms with Gasteiger partial charge in [-0.2, -0.15) is 0 Å². The third kappa shape index (κ3) is 8.25. The molecule has 0 radical (unpaired) electrons. The van der Waals surface area contributed by atoms with Crippen molar-refractivity contribution in [1.82, 2.24) is 10.2 Å². The molecule has 4 rings (SSSR count). The van der Waals surface area contributed by atoms with Crippen LogP contribution in [-0.4, -0.2) is 77.8 Å². The lowest BCUT2D eigenvalue weighted by molar-refractivity contribution is -0.143. The first-order valence-electron chi connectivity index (χ1n) is 15.4. The van der Waals surface area contributed by atoms with Gasteiger partial charge in [0.25, 0.3) is 0 Å². The molecule has 0 bridgehead atoms. The molecular formula is C32H45IN2O7. The lowest BCUT2D eigenvalue weighted by atomic mass is 9.86. The fourth-order valence-corrected chi connectivity index (χ4v) is 7.51. The Bertz CT molecular complexity index is 1110. The Balaban J connectivity index is 1.68. The molecule has 1 aromatic carbocycles. The fourth-order valence-electron chi connectivity index (χ4n) is 6.76. The van der Waals surface area contributed by atoms with Gasteiger partial charge >= 0.3 is 0 Å². The van der Waals surface area contributed by atoms with Gasteiger partial charge in [-0.1, -0.05) is 51.4 Å². The van der Waals surface area contributed by atoms with Gasteiger partial charge in [0.05, 0.1) is 23.3 Å². The molecule has 2 amide bonds. The standard InChI is InChI=1S/C32H45IN2O7/c1-41-28-17-22(20-37)16-25(33)31(28)42-27-19-23(32(40)34-14-15-36)18-26(30(27)39)35(24-10-4-2-3-5-11-24)29(38)13-12-21-8-6-7-9-21/h16-17,19-21,24,26-27,30,36,39H,2-15,18H2,1H3,(H,34,40)/t26-,27+,30+/m1/s1. The topological polar surface area (TPSA) is 125 Å². The maximum Gasteiger partial charge on any atom is 0.247 e. The molecule has 2 saturated carbocycles. The molecule has 0 heterocycles. The molecule has 2 fully saturated rings. The molecule has 1 aromatic rings. The van der Waals surface area contributed by atoms with Gasteiger partial charge in [-0.25, -0.2) is 0 Å². The second-order valence-electron chi connectivity index (χ2n) is 11.8. The number of hydrogen-bond donors (Lipinski definition) is 3. The van der Waals surface area contributed by atoms with E-state index < -0.39 is 18.2 Å². The molecule has 3 aliphatic rings. The number of halogens is 1. The zero-order valence-electron chi connectivity index (χ0n) is 24.6. The zero-order chi connectivity index (χ0) is 30.1. The van der Waals surface area contributed by atoms with Gasteiger partial charge in [-0.15, -0.1) is 0 Å². The van der Waals surface area contributed by atoms with Gasteiger partial charge in [-0.3, -0.25) is 14.4 Å². The summed E-state index contributed by atoms with van der Waals surface area (Å²) in [5.74, 6) is 0.948. The lowest BCUT2D eigenvalue weighted by Crippen LogP contribution is -2.58. The van der Waals surface area contributed by atoms with Crippen molar-refractivity contribution >= 4 is 40.7 Å². The molecule has 232 valence electrons. The predicted octanol–water partition coefficient (Wildman–Crippen LogP) is 4.55. The highest BCUT2D eigenvalue weighted by Crippen LogP contribution is 2.38. The second kappa shape index (κ2) is 16.0. The van der Waals surface area contributed by atoms with Crippen LogP contribution in [0.3, 0.4) is 0 Å². The lowest BCUT2D eigenvalue weighted by Gasteiger charge is -2.44. The van der Waals surface area contributed by atoms with Crippen LogP contribution in [0, 0.1) is 9.49 Å². The van der Waals surface area contributed by atoms with Crippen molar-refractivity contribution in [3.63, 3.8) is 0 Å². The Labute approximate surface area is 262 Å². The maximum absolute atomic E-state index is 14.1. The first kappa shape index (κ1) is 32.7. The molecule has 9 nitrogen and oxygen atoms in total. The zero-order valence-corrected chi connectivity index (χ0v) is 26.7. The number of aliphatic hydroxyl groups is 2. The van der Waals surface area contributed by atoms with Gasteiger partial charge < -0.3 is 29.9 Å². The minimum Gasteiger partial charge on any atom is -0.493 e. The van der Waals surface area contributed by atoms with Crippen LogP contribution in [0.2, 0.25) is 0 Å². The van der Waals surface area contributed by atoms with E-state index in [1.807, 2.05) is 4.90 Å². The molecule has 42 heavy (non-hydrogen) atoms. The quantitative estimate of drug-likeness (QED) is 0.167. The highest BCUT2D eigenvalue weighted by molar-refractivity contribution is 14.1. The molecule has 0 saturated heterocycles. The average molecular weight is 697 g/mol. The number of hydrogen-bond acceptors (Lipinski definition) is 7. The Hall–Kier alpha value is -2.18. The van der Waals surface area contributed by atoms with Gasteiger partial charge in [0, 0.05) is 36.6 Å². The van der Waals surface area contributed by atoms with E-state index >= 15 is 0 Å². The van der Waals surface area contributed by atoms with Crippen molar-refractivity contribution in [2.45, 2.75) is 108 Å². The maximum atomic E-state index is 14.1. The van der Waals surface area contributed by atoms with Crippen LogP contribution < -0.4 is 14.8 Å². The van der Waals surface area contributed by atoms with E-state index in [0.29, 0.717) is 38.5 Å². The summed E-state index contributed by atoms with van der Waals surface area (Å²) in [5.41, 5.74) is 0.835. The van der Waals surface area contributed by atoms with Crippen LogP contribution in [0.25, 0.3) is 0 Å². The minimum atomic E-state index is -1.09. The fraction of sp³-hybridized carbons (Fsp3) is 0.656. The third-order valence-corrected chi connectivity index (χ3v) is 9.76. The van der Waals surface area contributed by atoms with E-state index in [-0.39, 0.29) is 37.4 Å². The summed E-state index contributed by atoms with van der Waals surface area (Å²) >= 11 is 2.06. The van der Waals surface area contributed by atoms with Crippen molar-refractivity contribution in [3.8, 4) is 11.5 Å². The van der Waals surface area contributed by atoms with Crippen LogP contribution in [0.4, 0.5) is 0 Å². The van der Waals surface area contributed by atoms with Crippen LogP contribution in [0.1, 0.15) is 93.8 Å². The molecule has 0 aliphatic heterocycles. The summed E-state index contributed by atoms with van der Waals surface area (Å²) in [6, 6.07) is 2.58. The molecule has 10 heteroatoms. The van der Waals surface area contributed by atoms with Crippen molar-refractivity contribution in [1.29, 1.82) is 0 Å². The number of benzene rings is 1. The van der Waals surface area contributed by atoms with Crippen LogP contribution in [0.5, 0.6) is 11.5 Å². The number of nitrogens with zero attached hydrogens (tertiary/aromatic N) is 1. The van der Waals surface area contributed by atoms with E-state index in [2.05, 4.69) is 27.9 Å². The Kier molecular flexibility index (Phi) is 12.5. The van der Waals surface area contributed by atoms with Gasteiger partial charge in [0.1, 0.15) is 18.5 Å². The smallest absolute Gasteiger partial charge is 0.247 e. The van der Waals surface area contributed by atoms with Crippen LogP contribution in [-0.2, 0) is 9.59 Å². The Morgan fingerprint density at radius 1 is 1.10 bits per heavy atom. The summed E-state index contributed by atoms with van der Waals surface area (Å²) in [7, 11) is 1.48. The summed E-state index contributed by atoms with van der Waals surface area (Å²) in [5, 5.41) is 23.9. The van der Waals surface area contributed by atoms with Crippen molar-refractivity contribution in [3.05, 3.63) is 32.9 Å². The first-order valence-corrected chi connectivity index (χ1v) is 16.5. The largest absolute Gasteiger partial charge is 0.493 e. The van der Waals surface area contributed by atoms with E-state index in [4.69, 9.17) is 9.47 Å². The highest BCUT2D eigenvalue weighted by atomic mass is 127. The number of aliphatic hydroxyl groups excluding tert-OH is 2. The Morgan fingerprint density at radius 3 is 2.43 bits per heavy atom. The normalized spacial score (nSPS) is 23.5. The number of carbonyl (C=O) groups excluding carboxylic acids is 3. The first-order chi connectivity index (χ1) is 20.4. The Morgan fingerprint density at radius 2 is 1.79 bits per heavy atom. The third-order valence-electron chi connectivity index (χ3n) is 8.96. The predicted molar refractivity (Wildman–Crippen MR) is 168 cm³/mol. The molecule has 3 aliphatic carbocycles. The molecule has 0 aromatic heterocycles. The van der Waals surface area contributed by atoms with Crippen molar-refractivity contribution in [2.75, 3.05) is 20.3 Å². The summed E-state index contributed by atoms with van der Waals surface area (Å²) in [4.78, 5) is 40.6. The number of ether oxygens (including phenoxy) is 2. The van der Waals surface area contributed by atoms with Crippen molar-refractivity contribution in [2.24, 2.45) is 5.92 Å². The summed E-state index contributed by atoms with van der Waals surface area (Å²) < 4.78 is 12.5.